The lowest BCUT2D eigenvalue weighted by atomic mass is 9.77. The van der Waals surface area contributed by atoms with E-state index in [2.05, 4.69) is 0 Å². The number of para-hydroxylation sites is 1. The van der Waals surface area contributed by atoms with Crippen molar-refractivity contribution < 1.29 is 18.3 Å². The molecule has 2 unspecified atom stereocenters. The number of benzene rings is 3. The van der Waals surface area contributed by atoms with Gasteiger partial charge in [-0.3, -0.25) is 4.79 Å². The Morgan fingerprint density at radius 2 is 1.71 bits per heavy atom. The van der Waals surface area contributed by atoms with Gasteiger partial charge in [0.15, 0.2) is 6.61 Å². The Hall–Kier alpha value is -3.51. The van der Waals surface area contributed by atoms with Crippen molar-refractivity contribution in [3.05, 3.63) is 106 Å². The lowest BCUT2D eigenvalue weighted by Gasteiger charge is -2.29. The van der Waals surface area contributed by atoms with Crippen molar-refractivity contribution in [1.29, 1.82) is 0 Å². The summed E-state index contributed by atoms with van der Waals surface area (Å²) in [4.78, 5) is 13.3. The molecule has 3 aromatic rings. The second kappa shape index (κ2) is 10.0. The quantitative estimate of drug-likeness (QED) is 0.392. The minimum atomic E-state index is -0.370. The fourth-order valence-electron chi connectivity index (χ4n) is 4.73. The summed E-state index contributed by atoms with van der Waals surface area (Å²) in [6.45, 7) is -0.234. The van der Waals surface area contributed by atoms with E-state index in [9.17, 15) is 13.6 Å². The first kappa shape index (κ1) is 23.2. The van der Waals surface area contributed by atoms with Crippen molar-refractivity contribution in [2.75, 3.05) is 6.61 Å². The van der Waals surface area contributed by atoms with E-state index in [-0.39, 0.29) is 36.1 Å². The van der Waals surface area contributed by atoms with Crippen molar-refractivity contribution >= 4 is 29.3 Å². The van der Waals surface area contributed by atoms with Gasteiger partial charge in [0.1, 0.15) is 17.4 Å². The number of halogens is 3. The predicted octanol–water partition coefficient (Wildman–Crippen LogP) is 6.82. The number of hydrogen-bond donors (Lipinski definition) is 0. The molecule has 0 aromatic heterocycles. The molecule has 0 radical (unpaired) electrons. The van der Waals surface area contributed by atoms with Gasteiger partial charge in [-0.2, -0.15) is 5.10 Å². The first-order chi connectivity index (χ1) is 17.0. The van der Waals surface area contributed by atoms with Crippen LogP contribution in [0.15, 0.2) is 83.5 Å². The molecule has 1 aliphatic heterocycles. The highest BCUT2D eigenvalue weighted by atomic mass is 35.5. The van der Waals surface area contributed by atoms with Crippen LogP contribution in [0.25, 0.3) is 6.08 Å². The third-order valence-corrected chi connectivity index (χ3v) is 6.68. The molecule has 5 rings (SSSR count). The van der Waals surface area contributed by atoms with E-state index in [4.69, 9.17) is 21.4 Å². The summed E-state index contributed by atoms with van der Waals surface area (Å²) in [5.74, 6) is -0.568. The summed E-state index contributed by atoms with van der Waals surface area (Å²) in [6.07, 6.45) is 4.57. The largest absolute Gasteiger partial charge is 0.482 e. The molecule has 178 valence electrons. The van der Waals surface area contributed by atoms with Crippen LogP contribution in [0.1, 0.15) is 36.4 Å². The van der Waals surface area contributed by atoms with Crippen LogP contribution in [0.4, 0.5) is 8.78 Å². The second-order valence-electron chi connectivity index (χ2n) is 8.66. The summed E-state index contributed by atoms with van der Waals surface area (Å²) >= 11 is 6.17. The molecule has 2 atom stereocenters. The molecule has 0 N–H and O–H groups in total. The minimum Gasteiger partial charge on any atom is -0.482 e. The lowest BCUT2D eigenvalue weighted by Crippen LogP contribution is -2.34. The van der Waals surface area contributed by atoms with Crippen LogP contribution in [-0.2, 0) is 4.79 Å². The summed E-state index contributed by atoms with van der Waals surface area (Å²) < 4.78 is 32.7. The summed E-state index contributed by atoms with van der Waals surface area (Å²) in [6, 6.07) is 19.1. The highest BCUT2D eigenvalue weighted by molar-refractivity contribution is 6.32. The maximum absolute atomic E-state index is 13.7. The molecule has 0 saturated heterocycles. The van der Waals surface area contributed by atoms with Gasteiger partial charge in [0.25, 0.3) is 5.91 Å². The number of nitrogens with zero attached hydrogens (tertiary/aromatic N) is 2. The maximum atomic E-state index is 13.7. The average Bonchev–Trinajstić information content (AvgIpc) is 3.26. The fraction of sp³-hybridized carbons (Fsp3) is 0.214. The Kier molecular flexibility index (Phi) is 6.64. The van der Waals surface area contributed by atoms with Crippen molar-refractivity contribution in [2.24, 2.45) is 11.0 Å². The Labute approximate surface area is 207 Å². The van der Waals surface area contributed by atoms with Gasteiger partial charge in [-0.15, -0.1) is 0 Å². The summed E-state index contributed by atoms with van der Waals surface area (Å²) in [5, 5.41) is 6.66. The van der Waals surface area contributed by atoms with Crippen LogP contribution >= 0.6 is 11.6 Å². The molecule has 1 heterocycles. The monoisotopic (exact) mass is 492 g/mol. The number of rotatable bonds is 5. The van der Waals surface area contributed by atoms with Gasteiger partial charge in [-0.1, -0.05) is 48.0 Å². The van der Waals surface area contributed by atoms with Crippen LogP contribution in [0.3, 0.4) is 0 Å². The van der Waals surface area contributed by atoms with Gasteiger partial charge in [0.2, 0.25) is 0 Å². The number of ether oxygens (including phenoxy) is 1. The van der Waals surface area contributed by atoms with Gasteiger partial charge in [0, 0.05) is 5.92 Å². The Bertz CT molecular complexity index is 1290. The van der Waals surface area contributed by atoms with Gasteiger partial charge in [-0.05, 0) is 78.4 Å². The van der Waals surface area contributed by atoms with Crippen molar-refractivity contribution in [1.82, 2.24) is 5.01 Å². The standard InChI is InChI=1S/C28H23ClF2N2O2/c29-24-6-1-2-7-25(24)35-17-26(34)33-28(19-10-14-22(31)15-11-19)23-5-3-4-20(27(23)32-33)16-18-8-12-21(30)13-9-18/h1-2,6-16,23,28H,3-5,17H2/b20-16+. The van der Waals surface area contributed by atoms with Crippen molar-refractivity contribution in [3.8, 4) is 5.75 Å². The van der Waals surface area contributed by atoms with E-state index in [1.54, 1.807) is 48.5 Å². The first-order valence-corrected chi connectivity index (χ1v) is 11.9. The molecule has 1 aliphatic carbocycles. The first-order valence-electron chi connectivity index (χ1n) is 11.5. The zero-order valence-electron chi connectivity index (χ0n) is 18.8. The summed E-state index contributed by atoms with van der Waals surface area (Å²) in [5.41, 5.74) is 3.53. The number of carbonyl (C=O) groups is 1. The van der Waals surface area contributed by atoms with E-state index >= 15 is 0 Å². The van der Waals surface area contributed by atoms with Crippen LogP contribution < -0.4 is 4.74 Å². The topological polar surface area (TPSA) is 41.9 Å². The lowest BCUT2D eigenvalue weighted by molar-refractivity contribution is -0.135. The van der Waals surface area contributed by atoms with Gasteiger partial charge in [-0.25, -0.2) is 13.8 Å². The number of amides is 1. The molecule has 35 heavy (non-hydrogen) atoms. The fourth-order valence-corrected chi connectivity index (χ4v) is 4.92. The van der Waals surface area contributed by atoms with E-state index in [1.165, 1.54) is 29.3 Å². The van der Waals surface area contributed by atoms with E-state index in [0.29, 0.717) is 10.8 Å². The van der Waals surface area contributed by atoms with Gasteiger partial charge >= 0.3 is 0 Å². The smallest absolute Gasteiger partial charge is 0.281 e. The molecular formula is C28H23ClF2N2O2. The number of hydrazone groups is 1. The third-order valence-electron chi connectivity index (χ3n) is 6.37. The number of fused-ring (bicyclic) bond motifs is 1. The van der Waals surface area contributed by atoms with Crippen molar-refractivity contribution in [2.45, 2.75) is 25.3 Å². The molecule has 2 aliphatic rings. The predicted molar refractivity (Wildman–Crippen MR) is 132 cm³/mol. The molecule has 0 spiro atoms. The highest BCUT2D eigenvalue weighted by Crippen LogP contribution is 2.44. The summed E-state index contributed by atoms with van der Waals surface area (Å²) in [7, 11) is 0. The van der Waals surface area contributed by atoms with E-state index in [0.717, 1.165) is 41.7 Å². The molecule has 1 fully saturated rings. The normalized spacial score (nSPS) is 20.5. The van der Waals surface area contributed by atoms with E-state index < -0.39 is 0 Å². The van der Waals surface area contributed by atoms with Crippen LogP contribution in [0.5, 0.6) is 5.75 Å². The molecule has 1 saturated carbocycles. The third kappa shape index (κ3) is 4.98. The number of allylic oxidation sites excluding steroid dienone is 1. The molecule has 4 nitrogen and oxygen atoms in total. The Morgan fingerprint density at radius 1 is 1.03 bits per heavy atom. The maximum Gasteiger partial charge on any atom is 0.281 e. The van der Waals surface area contributed by atoms with Crippen LogP contribution in [-0.4, -0.2) is 23.2 Å². The molecule has 3 aromatic carbocycles. The van der Waals surface area contributed by atoms with Gasteiger partial charge in [0.05, 0.1) is 16.8 Å². The Balaban J connectivity index is 1.47. The molecular weight excluding hydrogens is 470 g/mol. The highest BCUT2D eigenvalue weighted by Gasteiger charge is 2.43. The van der Waals surface area contributed by atoms with E-state index in [1.807, 2.05) is 6.08 Å². The zero-order valence-corrected chi connectivity index (χ0v) is 19.6. The molecule has 1 amide bonds. The van der Waals surface area contributed by atoms with Crippen molar-refractivity contribution in [3.63, 3.8) is 0 Å². The molecule has 0 bridgehead atoms. The zero-order chi connectivity index (χ0) is 24.4. The molecule has 7 heteroatoms. The van der Waals surface area contributed by atoms with Crippen LogP contribution in [0, 0.1) is 17.6 Å². The number of carbonyl (C=O) groups excluding carboxylic acids is 1. The number of hydrogen-bond acceptors (Lipinski definition) is 3. The average molecular weight is 493 g/mol. The minimum absolute atomic E-state index is 0.0369. The second-order valence-corrected chi connectivity index (χ2v) is 9.07. The van der Waals surface area contributed by atoms with Gasteiger partial charge < -0.3 is 4.74 Å². The SMILES string of the molecule is O=C(COc1ccccc1Cl)N1N=C2/C(=C/c3ccc(F)cc3)CCCC2C1c1ccc(F)cc1. The Morgan fingerprint density at radius 3 is 2.43 bits per heavy atom. The van der Waals surface area contributed by atoms with Crippen LogP contribution in [0.2, 0.25) is 5.02 Å².